The van der Waals surface area contributed by atoms with Gasteiger partial charge >= 0.3 is 6.03 Å². The first-order valence-electron chi connectivity index (χ1n) is 7.49. The fraction of sp³-hybridized carbons (Fsp3) is 0.562. The molecule has 116 valence electrons. The molecule has 0 bridgehead atoms. The van der Waals surface area contributed by atoms with Crippen LogP contribution in [0.4, 0.5) is 4.79 Å². The van der Waals surface area contributed by atoms with Crippen molar-refractivity contribution >= 4 is 17.8 Å². The van der Waals surface area contributed by atoms with E-state index in [1.807, 2.05) is 12.3 Å². The van der Waals surface area contributed by atoms with Crippen LogP contribution in [0.5, 0.6) is 0 Å². The van der Waals surface area contributed by atoms with Gasteiger partial charge in [0, 0.05) is 18.4 Å². The van der Waals surface area contributed by atoms with E-state index in [2.05, 4.69) is 28.8 Å². The number of rotatable bonds is 6. The Morgan fingerprint density at radius 3 is 3.05 bits per heavy atom. The van der Waals surface area contributed by atoms with Crippen molar-refractivity contribution in [1.82, 2.24) is 10.6 Å². The molecule has 0 heterocycles. The van der Waals surface area contributed by atoms with Crippen LogP contribution in [0.15, 0.2) is 24.3 Å². The Balaban J connectivity index is 1.94. The molecule has 21 heavy (non-hydrogen) atoms. The van der Waals surface area contributed by atoms with Crippen LogP contribution in [0.25, 0.3) is 0 Å². The van der Waals surface area contributed by atoms with Crippen LogP contribution in [0.3, 0.4) is 0 Å². The summed E-state index contributed by atoms with van der Waals surface area (Å²) in [7, 11) is 0. The quantitative estimate of drug-likeness (QED) is 0.756. The highest BCUT2D eigenvalue weighted by Gasteiger charge is 2.22. The molecule has 0 aromatic heterocycles. The van der Waals surface area contributed by atoms with Crippen molar-refractivity contribution in [2.45, 2.75) is 37.8 Å². The van der Waals surface area contributed by atoms with Gasteiger partial charge in [0.2, 0.25) is 0 Å². The Bertz CT molecular complexity index is 461. The molecule has 2 atom stereocenters. The number of aliphatic hydroxyl groups is 1. The lowest BCUT2D eigenvalue weighted by atomic mass is 9.88. The summed E-state index contributed by atoms with van der Waals surface area (Å²) in [6.45, 7) is 0.0950. The van der Waals surface area contributed by atoms with Gasteiger partial charge in [-0.05, 0) is 43.1 Å². The van der Waals surface area contributed by atoms with Crippen molar-refractivity contribution in [3.8, 4) is 0 Å². The van der Waals surface area contributed by atoms with E-state index in [-0.39, 0.29) is 24.7 Å². The number of aryl methyl sites for hydroxylation is 1. The van der Waals surface area contributed by atoms with Gasteiger partial charge < -0.3 is 15.7 Å². The van der Waals surface area contributed by atoms with Crippen LogP contribution >= 0.6 is 11.8 Å². The minimum absolute atomic E-state index is 0.0174. The lowest BCUT2D eigenvalue weighted by Crippen LogP contribution is -2.45. The Morgan fingerprint density at radius 2 is 2.29 bits per heavy atom. The molecule has 1 aromatic rings. The Hall–Kier alpha value is -1.20. The SMILES string of the molecule is CSCC(CCO)NC(=O)NC1CCCc2ccccc21. The average molecular weight is 308 g/mol. The number of carbonyl (C=O) groups excluding carboxylic acids is 1. The molecule has 1 aliphatic carbocycles. The highest BCUT2D eigenvalue weighted by atomic mass is 32.2. The number of urea groups is 1. The zero-order chi connectivity index (χ0) is 15.1. The van der Waals surface area contributed by atoms with E-state index in [9.17, 15) is 4.79 Å². The molecule has 5 heteroatoms. The molecule has 1 aromatic carbocycles. The second-order valence-corrected chi connectivity index (χ2v) is 6.34. The highest BCUT2D eigenvalue weighted by molar-refractivity contribution is 7.98. The van der Waals surface area contributed by atoms with E-state index in [0.717, 1.165) is 25.0 Å². The van der Waals surface area contributed by atoms with Gasteiger partial charge in [0.05, 0.1) is 6.04 Å². The van der Waals surface area contributed by atoms with Crippen molar-refractivity contribution in [2.24, 2.45) is 0 Å². The number of amides is 2. The Morgan fingerprint density at radius 1 is 1.48 bits per heavy atom. The molecule has 0 saturated carbocycles. The molecule has 2 unspecified atom stereocenters. The van der Waals surface area contributed by atoms with E-state index in [4.69, 9.17) is 5.11 Å². The third-order valence-corrected chi connectivity index (χ3v) is 4.59. The third kappa shape index (κ3) is 4.64. The minimum atomic E-state index is -0.135. The zero-order valence-electron chi connectivity index (χ0n) is 12.5. The molecule has 0 fully saturated rings. The van der Waals surface area contributed by atoms with E-state index < -0.39 is 0 Å². The second-order valence-electron chi connectivity index (χ2n) is 5.43. The number of hydrogen-bond acceptors (Lipinski definition) is 3. The first-order chi connectivity index (χ1) is 10.2. The maximum absolute atomic E-state index is 12.2. The molecule has 4 nitrogen and oxygen atoms in total. The molecule has 0 spiro atoms. The normalized spacial score (nSPS) is 18.7. The summed E-state index contributed by atoms with van der Waals surface area (Å²) in [5.41, 5.74) is 2.58. The van der Waals surface area contributed by atoms with Gasteiger partial charge in [-0.3, -0.25) is 0 Å². The number of thioether (sulfide) groups is 1. The molecule has 0 aliphatic heterocycles. The predicted octanol–water partition coefficient (Wildman–Crippen LogP) is 2.48. The second kappa shape index (κ2) is 8.29. The van der Waals surface area contributed by atoms with E-state index in [0.29, 0.717) is 6.42 Å². The fourth-order valence-electron chi connectivity index (χ4n) is 2.84. The third-order valence-electron chi connectivity index (χ3n) is 3.86. The minimum Gasteiger partial charge on any atom is -0.396 e. The number of hydrogen-bond donors (Lipinski definition) is 3. The van der Waals surface area contributed by atoms with Crippen LogP contribution in [-0.4, -0.2) is 35.8 Å². The van der Waals surface area contributed by atoms with Gasteiger partial charge in [-0.15, -0.1) is 0 Å². The summed E-state index contributed by atoms with van der Waals surface area (Å²) in [5.74, 6) is 0.815. The predicted molar refractivity (Wildman–Crippen MR) is 87.7 cm³/mol. The molecular weight excluding hydrogens is 284 g/mol. The molecule has 0 radical (unpaired) electrons. The summed E-state index contributed by atoms with van der Waals surface area (Å²) < 4.78 is 0. The number of fused-ring (bicyclic) bond motifs is 1. The van der Waals surface area contributed by atoms with Gasteiger partial charge in [-0.2, -0.15) is 11.8 Å². The number of aliphatic hydroxyl groups excluding tert-OH is 1. The van der Waals surface area contributed by atoms with Crippen molar-refractivity contribution in [2.75, 3.05) is 18.6 Å². The summed E-state index contributed by atoms with van der Waals surface area (Å²) in [4.78, 5) is 12.2. The van der Waals surface area contributed by atoms with Crippen molar-refractivity contribution in [3.63, 3.8) is 0 Å². The molecular formula is C16H24N2O2S. The van der Waals surface area contributed by atoms with Crippen molar-refractivity contribution < 1.29 is 9.90 Å². The van der Waals surface area contributed by atoms with E-state index in [1.165, 1.54) is 11.1 Å². The van der Waals surface area contributed by atoms with Gasteiger partial charge in [-0.25, -0.2) is 4.79 Å². The van der Waals surface area contributed by atoms with Gasteiger partial charge in [0.25, 0.3) is 0 Å². The first-order valence-corrected chi connectivity index (χ1v) is 8.88. The monoisotopic (exact) mass is 308 g/mol. The van der Waals surface area contributed by atoms with Gasteiger partial charge in [-0.1, -0.05) is 24.3 Å². The van der Waals surface area contributed by atoms with Crippen LogP contribution in [0.1, 0.15) is 36.4 Å². The summed E-state index contributed by atoms with van der Waals surface area (Å²) in [6.07, 6.45) is 5.77. The Labute approximate surface area is 130 Å². The topological polar surface area (TPSA) is 61.4 Å². The zero-order valence-corrected chi connectivity index (χ0v) is 13.3. The van der Waals surface area contributed by atoms with Crippen LogP contribution in [0, 0.1) is 0 Å². The van der Waals surface area contributed by atoms with Crippen LogP contribution in [-0.2, 0) is 6.42 Å². The molecule has 2 amide bonds. The summed E-state index contributed by atoms with van der Waals surface area (Å²) >= 11 is 1.67. The highest BCUT2D eigenvalue weighted by Crippen LogP contribution is 2.29. The molecule has 0 saturated heterocycles. The number of carbonyl (C=O) groups is 1. The van der Waals surface area contributed by atoms with E-state index >= 15 is 0 Å². The fourth-order valence-corrected chi connectivity index (χ4v) is 3.50. The number of nitrogens with one attached hydrogen (secondary N) is 2. The lowest BCUT2D eigenvalue weighted by molar-refractivity contribution is 0.226. The molecule has 1 aliphatic rings. The first kappa shape index (κ1) is 16.2. The standard InChI is InChI=1S/C16H24N2O2S/c1-21-11-13(9-10-19)17-16(20)18-15-8-4-6-12-5-2-3-7-14(12)15/h2-3,5,7,13,15,19H,4,6,8-11H2,1H3,(H2,17,18,20). The van der Waals surface area contributed by atoms with Crippen LogP contribution in [0.2, 0.25) is 0 Å². The smallest absolute Gasteiger partial charge is 0.315 e. The summed E-state index contributed by atoms with van der Waals surface area (Å²) in [5, 5.41) is 15.1. The van der Waals surface area contributed by atoms with Crippen molar-refractivity contribution in [3.05, 3.63) is 35.4 Å². The van der Waals surface area contributed by atoms with Crippen molar-refractivity contribution in [1.29, 1.82) is 0 Å². The Kier molecular flexibility index (Phi) is 6.39. The maximum Gasteiger partial charge on any atom is 0.315 e. The maximum atomic E-state index is 12.2. The lowest BCUT2D eigenvalue weighted by Gasteiger charge is -2.27. The average Bonchev–Trinajstić information content (AvgIpc) is 2.48. The van der Waals surface area contributed by atoms with E-state index in [1.54, 1.807) is 11.8 Å². The summed E-state index contributed by atoms with van der Waals surface area (Å²) in [6, 6.07) is 8.30. The van der Waals surface area contributed by atoms with Gasteiger partial charge in [0.1, 0.15) is 0 Å². The number of benzene rings is 1. The molecule has 2 rings (SSSR count). The van der Waals surface area contributed by atoms with Gasteiger partial charge in [0.15, 0.2) is 0 Å². The van der Waals surface area contributed by atoms with Crippen LogP contribution < -0.4 is 10.6 Å². The molecule has 3 N–H and O–H groups in total. The largest absolute Gasteiger partial charge is 0.396 e.